The second-order valence-electron chi connectivity index (χ2n) is 4.79. The molecule has 1 aromatic carbocycles. The summed E-state index contributed by atoms with van der Waals surface area (Å²) in [6.45, 7) is 7.88. The van der Waals surface area contributed by atoms with Crippen molar-refractivity contribution >= 4 is 11.8 Å². The molecule has 17 heavy (non-hydrogen) atoms. The number of nitrogens with one attached hydrogen (secondary N) is 1. The van der Waals surface area contributed by atoms with Gasteiger partial charge in [-0.1, -0.05) is 45.4 Å². The van der Waals surface area contributed by atoms with E-state index in [4.69, 9.17) is 0 Å². The van der Waals surface area contributed by atoms with E-state index < -0.39 is 0 Å². The molecule has 0 aliphatic carbocycles. The maximum Gasteiger partial charge on any atom is 0.00719 e. The number of thioether (sulfide) groups is 1. The van der Waals surface area contributed by atoms with Gasteiger partial charge >= 0.3 is 0 Å². The third-order valence-corrected chi connectivity index (χ3v) is 3.98. The van der Waals surface area contributed by atoms with Crippen LogP contribution >= 0.6 is 11.8 Å². The van der Waals surface area contributed by atoms with E-state index in [0.717, 1.165) is 12.5 Å². The molecule has 96 valence electrons. The van der Waals surface area contributed by atoms with Crippen LogP contribution in [0.4, 0.5) is 0 Å². The summed E-state index contributed by atoms with van der Waals surface area (Å²) >= 11 is 1.97. The molecule has 1 rings (SSSR count). The summed E-state index contributed by atoms with van der Waals surface area (Å²) in [7, 11) is 0. The van der Waals surface area contributed by atoms with Crippen molar-refractivity contribution in [3.05, 3.63) is 30.3 Å². The normalized spacial score (nSPS) is 12.9. The summed E-state index contributed by atoms with van der Waals surface area (Å²) < 4.78 is 0. The highest BCUT2D eigenvalue weighted by Crippen LogP contribution is 2.20. The zero-order valence-corrected chi connectivity index (χ0v) is 12.1. The third-order valence-electron chi connectivity index (χ3n) is 2.93. The Balaban J connectivity index is 2.19. The lowest BCUT2D eigenvalue weighted by molar-refractivity contribution is 0.430. The van der Waals surface area contributed by atoms with E-state index in [9.17, 15) is 0 Å². The monoisotopic (exact) mass is 251 g/mol. The second-order valence-corrected chi connectivity index (χ2v) is 5.96. The van der Waals surface area contributed by atoms with Crippen LogP contribution < -0.4 is 5.32 Å². The van der Waals surface area contributed by atoms with Gasteiger partial charge in [0.25, 0.3) is 0 Å². The molecular formula is C15H25NS. The molecule has 0 spiro atoms. The highest BCUT2D eigenvalue weighted by atomic mass is 32.2. The van der Waals surface area contributed by atoms with Crippen molar-refractivity contribution in [3.63, 3.8) is 0 Å². The Bertz CT molecular complexity index is 284. The SMILES string of the molecule is CCC(CCSc1ccccc1)CNC(C)C. The van der Waals surface area contributed by atoms with Gasteiger partial charge in [-0.15, -0.1) is 11.8 Å². The van der Waals surface area contributed by atoms with Crippen molar-refractivity contribution in [1.82, 2.24) is 5.32 Å². The summed E-state index contributed by atoms with van der Waals surface area (Å²) in [6, 6.07) is 11.3. The Labute approximate surface area is 110 Å². The summed E-state index contributed by atoms with van der Waals surface area (Å²) in [5.41, 5.74) is 0. The van der Waals surface area contributed by atoms with Crippen LogP contribution in [-0.4, -0.2) is 18.3 Å². The highest BCUT2D eigenvalue weighted by Gasteiger charge is 2.06. The molecule has 0 radical (unpaired) electrons. The summed E-state index contributed by atoms with van der Waals surface area (Å²) in [4.78, 5) is 1.39. The van der Waals surface area contributed by atoms with E-state index in [1.54, 1.807) is 0 Å². The Morgan fingerprint density at radius 1 is 1.18 bits per heavy atom. The van der Waals surface area contributed by atoms with E-state index in [1.807, 2.05) is 11.8 Å². The molecule has 1 unspecified atom stereocenters. The van der Waals surface area contributed by atoms with Gasteiger partial charge in [-0.2, -0.15) is 0 Å². The minimum atomic E-state index is 0.603. The molecule has 0 saturated heterocycles. The van der Waals surface area contributed by atoms with Crippen LogP contribution in [-0.2, 0) is 0 Å². The van der Waals surface area contributed by atoms with Gasteiger partial charge in [-0.25, -0.2) is 0 Å². The smallest absolute Gasteiger partial charge is 0.00719 e. The second kappa shape index (κ2) is 8.60. The summed E-state index contributed by atoms with van der Waals surface area (Å²) in [5, 5.41) is 3.54. The first-order chi connectivity index (χ1) is 8.22. The van der Waals surface area contributed by atoms with Crippen LogP contribution in [0.1, 0.15) is 33.6 Å². The van der Waals surface area contributed by atoms with Gasteiger partial charge in [0.05, 0.1) is 0 Å². The van der Waals surface area contributed by atoms with Crippen LogP contribution in [0.5, 0.6) is 0 Å². The van der Waals surface area contributed by atoms with Crippen LogP contribution in [0.25, 0.3) is 0 Å². The van der Waals surface area contributed by atoms with Crippen LogP contribution in [0.3, 0.4) is 0 Å². The maximum atomic E-state index is 3.54. The molecule has 0 amide bonds. The molecular weight excluding hydrogens is 226 g/mol. The largest absolute Gasteiger partial charge is 0.314 e. The first kappa shape index (κ1) is 14.6. The molecule has 0 aromatic heterocycles. The predicted molar refractivity (Wildman–Crippen MR) is 78.7 cm³/mol. The van der Waals surface area contributed by atoms with E-state index in [0.29, 0.717) is 6.04 Å². The summed E-state index contributed by atoms with van der Waals surface area (Å²) in [6.07, 6.45) is 2.57. The number of hydrogen-bond acceptors (Lipinski definition) is 2. The van der Waals surface area contributed by atoms with Crippen molar-refractivity contribution in [2.45, 2.75) is 44.6 Å². The number of rotatable bonds is 8. The van der Waals surface area contributed by atoms with E-state index in [1.165, 1.54) is 23.5 Å². The standard InChI is InChI=1S/C15H25NS/c1-4-14(12-16-13(2)3)10-11-17-15-8-6-5-7-9-15/h5-9,13-14,16H,4,10-12H2,1-3H3. The first-order valence-electron chi connectivity index (χ1n) is 6.63. The molecule has 0 fully saturated rings. The van der Waals surface area contributed by atoms with Gasteiger partial charge in [-0.3, -0.25) is 0 Å². The van der Waals surface area contributed by atoms with Gasteiger partial charge in [0.1, 0.15) is 0 Å². The van der Waals surface area contributed by atoms with Gasteiger partial charge in [-0.05, 0) is 36.8 Å². The molecule has 0 bridgehead atoms. The lowest BCUT2D eigenvalue weighted by atomic mass is 10.0. The van der Waals surface area contributed by atoms with E-state index >= 15 is 0 Å². The Morgan fingerprint density at radius 3 is 2.47 bits per heavy atom. The van der Waals surface area contributed by atoms with Gasteiger partial charge in [0, 0.05) is 10.9 Å². The molecule has 1 nitrogen and oxygen atoms in total. The van der Waals surface area contributed by atoms with E-state index in [2.05, 4.69) is 56.4 Å². The lowest BCUT2D eigenvalue weighted by Crippen LogP contribution is -2.29. The van der Waals surface area contributed by atoms with E-state index in [-0.39, 0.29) is 0 Å². The summed E-state index contributed by atoms with van der Waals surface area (Å²) in [5.74, 6) is 2.04. The Hall–Kier alpha value is -0.470. The minimum Gasteiger partial charge on any atom is -0.314 e. The van der Waals surface area contributed by atoms with Crippen LogP contribution in [0.2, 0.25) is 0 Å². The first-order valence-corrected chi connectivity index (χ1v) is 7.62. The fourth-order valence-corrected chi connectivity index (χ4v) is 2.75. The Morgan fingerprint density at radius 2 is 1.88 bits per heavy atom. The molecule has 1 aromatic rings. The zero-order valence-electron chi connectivity index (χ0n) is 11.3. The number of hydrogen-bond donors (Lipinski definition) is 1. The average molecular weight is 251 g/mol. The predicted octanol–water partition coefficient (Wildman–Crippen LogP) is 4.19. The Kier molecular flexibility index (Phi) is 7.38. The van der Waals surface area contributed by atoms with Gasteiger partial charge in [0.15, 0.2) is 0 Å². The van der Waals surface area contributed by atoms with Crippen LogP contribution in [0, 0.1) is 5.92 Å². The molecule has 2 heteroatoms. The van der Waals surface area contributed by atoms with Gasteiger partial charge in [0.2, 0.25) is 0 Å². The van der Waals surface area contributed by atoms with Crippen molar-refractivity contribution in [2.75, 3.05) is 12.3 Å². The third kappa shape index (κ3) is 6.75. The lowest BCUT2D eigenvalue weighted by Gasteiger charge is -2.17. The molecule has 0 aliphatic heterocycles. The molecule has 0 heterocycles. The number of benzene rings is 1. The maximum absolute atomic E-state index is 3.54. The highest BCUT2D eigenvalue weighted by molar-refractivity contribution is 7.99. The fourth-order valence-electron chi connectivity index (χ4n) is 1.71. The van der Waals surface area contributed by atoms with Crippen LogP contribution in [0.15, 0.2) is 35.2 Å². The molecule has 1 N–H and O–H groups in total. The average Bonchev–Trinajstić information content (AvgIpc) is 2.34. The zero-order chi connectivity index (χ0) is 12.5. The molecule has 0 aliphatic rings. The van der Waals surface area contributed by atoms with Crippen molar-refractivity contribution < 1.29 is 0 Å². The minimum absolute atomic E-state index is 0.603. The van der Waals surface area contributed by atoms with Gasteiger partial charge < -0.3 is 5.32 Å². The fraction of sp³-hybridized carbons (Fsp3) is 0.600. The van der Waals surface area contributed by atoms with Crippen molar-refractivity contribution in [2.24, 2.45) is 5.92 Å². The quantitative estimate of drug-likeness (QED) is 0.695. The topological polar surface area (TPSA) is 12.0 Å². The molecule has 0 saturated carbocycles. The van der Waals surface area contributed by atoms with Crippen molar-refractivity contribution in [1.29, 1.82) is 0 Å². The molecule has 1 atom stereocenters. The van der Waals surface area contributed by atoms with Crippen molar-refractivity contribution in [3.8, 4) is 0 Å².